The smallest absolute Gasteiger partial charge is 0.187 e. The molecule has 0 spiro atoms. The number of halogens is 1. The lowest BCUT2D eigenvalue weighted by Crippen LogP contribution is -2.20. The van der Waals surface area contributed by atoms with Crippen LogP contribution < -0.4 is 5.32 Å². The number of nitrogens with one attached hydrogen (secondary N) is 1. The van der Waals surface area contributed by atoms with Gasteiger partial charge in [0, 0.05) is 28.9 Å². The molecular weight excluding hydrogens is 298 g/mol. The van der Waals surface area contributed by atoms with Crippen molar-refractivity contribution in [3.63, 3.8) is 0 Å². The maximum atomic E-state index is 12.1. The van der Waals surface area contributed by atoms with Crippen molar-refractivity contribution in [2.24, 2.45) is 0 Å². The summed E-state index contributed by atoms with van der Waals surface area (Å²) in [5, 5.41) is 13.7. The Hall–Kier alpha value is -2.10. The number of aliphatic hydroxyl groups is 1. The van der Waals surface area contributed by atoms with Crippen LogP contribution >= 0.6 is 11.6 Å². The fraction of sp³-hybridized carbons (Fsp3) is 0.167. The SMILES string of the molecule is C/C(=C\C(=O)c1ccc(Cl)cc1)NCC(O)c1ccccc1. The second-order valence-electron chi connectivity index (χ2n) is 5.01. The molecule has 0 radical (unpaired) electrons. The second kappa shape index (κ2) is 7.78. The van der Waals surface area contributed by atoms with E-state index in [9.17, 15) is 9.90 Å². The number of ketones is 1. The minimum atomic E-state index is -0.616. The number of rotatable bonds is 6. The predicted octanol–water partition coefficient (Wildman–Crippen LogP) is 3.75. The van der Waals surface area contributed by atoms with E-state index in [0.29, 0.717) is 22.8 Å². The molecule has 0 aromatic heterocycles. The molecule has 1 unspecified atom stereocenters. The molecule has 0 fully saturated rings. The Morgan fingerprint density at radius 1 is 1.18 bits per heavy atom. The van der Waals surface area contributed by atoms with E-state index in [1.807, 2.05) is 30.3 Å². The van der Waals surface area contributed by atoms with Gasteiger partial charge in [-0.3, -0.25) is 4.79 Å². The highest BCUT2D eigenvalue weighted by Gasteiger charge is 2.07. The average Bonchev–Trinajstić information content (AvgIpc) is 2.54. The molecule has 22 heavy (non-hydrogen) atoms. The third-order valence-electron chi connectivity index (χ3n) is 3.23. The molecule has 0 bridgehead atoms. The third-order valence-corrected chi connectivity index (χ3v) is 3.49. The van der Waals surface area contributed by atoms with Crippen molar-refractivity contribution in [1.82, 2.24) is 5.32 Å². The summed E-state index contributed by atoms with van der Waals surface area (Å²) >= 11 is 5.80. The molecular formula is C18H18ClNO2. The Labute approximate surface area is 135 Å². The van der Waals surface area contributed by atoms with Gasteiger partial charge < -0.3 is 10.4 Å². The normalized spacial score (nSPS) is 12.8. The first-order chi connectivity index (χ1) is 10.6. The van der Waals surface area contributed by atoms with Crippen molar-refractivity contribution >= 4 is 17.4 Å². The van der Waals surface area contributed by atoms with Crippen molar-refractivity contribution in [1.29, 1.82) is 0 Å². The highest BCUT2D eigenvalue weighted by atomic mass is 35.5. The highest BCUT2D eigenvalue weighted by Crippen LogP contribution is 2.12. The van der Waals surface area contributed by atoms with Crippen LogP contribution in [0.5, 0.6) is 0 Å². The molecule has 4 heteroatoms. The summed E-state index contributed by atoms with van der Waals surface area (Å²) in [6.45, 7) is 2.14. The first-order valence-corrected chi connectivity index (χ1v) is 7.39. The zero-order chi connectivity index (χ0) is 15.9. The summed E-state index contributed by atoms with van der Waals surface area (Å²) in [6.07, 6.45) is 0.899. The number of carbonyl (C=O) groups is 1. The lowest BCUT2D eigenvalue weighted by molar-refractivity contribution is 0.104. The standard InChI is InChI=1S/C18H18ClNO2/c1-13(11-17(21)15-7-9-16(19)10-8-15)20-12-18(22)14-5-3-2-4-6-14/h2-11,18,20,22H,12H2,1H3/b13-11+. The lowest BCUT2D eigenvalue weighted by Gasteiger charge is -2.13. The molecule has 0 saturated heterocycles. The van der Waals surface area contributed by atoms with Gasteiger partial charge in [0.2, 0.25) is 0 Å². The third kappa shape index (κ3) is 4.72. The van der Waals surface area contributed by atoms with E-state index in [2.05, 4.69) is 5.32 Å². The maximum absolute atomic E-state index is 12.1. The number of benzene rings is 2. The molecule has 0 heterocycles. The van der Waals surface area contributed by atoms with Crippen molar-refractivity contribution in [2.45, 2.75) is 13.0 Å². The summed E-state index contributed by atoms with van der Waals surface area (Å²) in [5.74, 6) is -0.101. The highest BCUT2D eigenvalue weighted by molar-refractivity contribution is 6.30. The molecule has 0 aliphatic carbocycles. The number of carbonyl (C=O) groups excluding carboxylic acids is 1. The molecule has 3 nitrogen and oxygen atoms in total. The summed E-state index contributed by atoms with van der Waals surface area (Å²) in [7, 11) is 0. The first-order valence-electron chi connectivity index (χ1n) is 7.01. The number of aliphatic hydroxyl groups excluding tert-OH is 1. The molecule has 0 aliphatic heterocycles. The molecule has 1 atom stereocenters. The molecule has 0 saturated carbocycles. The molecule has 2 rings (SSSR count). The van der Waals surface area contributed by atoms with Gasteiger partial charge in [-0.15, -0.1) is 0 Å². The second-order valence-corrected chi connectivity index (χ2v) is 5.44. The first kappa shape index (κ1) is 16.3. The van der Waals surface area contributed by atoms with Gasteiger partial charge in [0.15, 0.2) is 5.78 Å². The Bertz CT molecular complexity index is 651. The summed E-state index contributed by atoms with van der Waals surface area (Å²) in [4.78, 5) is 12.1. The van der Waals surface area contributed by atoms with Crippen LogP contribution in [0.3, 0.4) is 0 Å². The average molecular weight is 316 g/mol. The number of hydrogen-bond acceptors (Lipinski definition) is 3. The molecule has 0 aliphatic rings. The minimum absolute atomic E-state index is 0.101. The van der Waals surface area contributed by atoms with Gasteiger partial charge in [0.25, 0.3) is 0 Å². The van der Waals surface area contributed by atoms with E-state index in [4.69, 9.17) is 11.6 Å². The summed E-state index contributed by atoms with van der Waals surface area (Å²) in [6, 6.07) is 16.1. The van der Waals surface area contributed by atoms with E-state index in [1.54, 1.807) is 31.2 Å². The number of hydrogen-bond donors (Lipinski definition) is 2. The van der Waals surface area contributed by atoms with Crippen molar-refractivity contribution < 1.29 is 9.90 Å². The quantitative estimate of drug-likeness (QED) is 0.630. The van der Waals surface area contributed by atoms with E-state index >= 15 is 0 Å². The van der Waals surface area contributed by atoms with E-state index in [-0.39, 0.29) is 5.78 Å². The fourth-order valence-corrected chi connectivity index (χ4v) is 2.12. The van der Waals surface area contributed by atoms with Crippen molar-refractivity contribution in [3.8, 4) is 0 Å². The van der Waals surface area contributed by atoms with Gasteiger partial charge in [-0.25, -0.2) is 0 Å². The summed E-state index contributed by atoms with van der Waals surface area (Å²) in [5.41, 5.74) is 2.12. The Balaban J connectivity index is 1.92. The van der Waals surface area contributed by atoms with E-state index in [1.165, 1.54) is 6.08 Å². The molecule has 2 aromatic rings. The van der Waals surface area contributed by atoms with Gasteiger partial charge in [0.1, 0.15) is 0 Å². The van der Waals surface area contributed by atoms with E-state index in [0.717, 1.165) is 5.56 Å². The van der Waals surface area contributed by atoms with Crippen LogP contribution in [0.15, 0.2) is 66.4 Å². The molecule has 2 aromatic carbocycles. The predicted molar refractivity (Wildman–Crippen MR) is 88.9 cm³/mol. The zero-order valence-corrected chi connectivity index (χ0v) is 13.0. The van der Waals surface area contributed by atoms with Crippen LogP contribution in [-0.4, -0.2) is 17.4 Å². The Morgan fingerprint density at radius 3 is 2.45 bits per heavy atom. The molecule has 0 amide bonds. The monoisotopic (exact) mass is 315 g/mol. The van der Waals surface area contributed by atoms with Crippen LogP contribution in [0, 0.1) is 0 Å². The van der Waals surface area contributed by atoms with Crippen LogP contribution in [0.4, 0.5) is 0 Å². The van der Waals surface area contributed by atoms with Crippen LogP contribution in [-0.2, 0) is 0 Å². The van der Waals surface area contributed by atoms with Gasteiger partial charge in [-0.1, -0.05) is 41.9 Å². The number of allylic oxidation sites excluding steroid dienone is 2. The Morgan fingerprint density at radius 2 is 1.82 bits per heavy atom. The van der Waals surface area contributed by atoms with Crippen molar-refractivity contribution in [3.05, 3.63) is 82.5 Å². The topological polar surface area (TPSA) is 49.3 Å². The molecule has 114 valence electrons. The van der Waals surface area contributed by atoms with E-state index < -0.39 is 6.10 Å². The lowest BCUT2D eigenvalue weighted by atomic mass is 10.1. The largest absolute Gasteiger partial charge is 0.387 e. The van der Waals surface area contributed by atoms with Crippen LogP contribution in [0.2, 0.25) is 5.02 Å². The molecule has 2 N–H and O–H groups in total. The van der Waals surface area contributed by atoms with Crippen LogP contribution in [0.1, 0.15) is 28.9 Å². The van der Waals surface area contributed by atoms with Gasteiger partial charge in [-0.05, 0) is 36.8 Å². The minimum Gasteiger partial charge on any atom is -0.387 e. The summed E-state index contributed by atoms with van der Waals surface area (Å²) < 4.78 is 0. The van der Waals surface area contributed by atoms with Gasteiger partial charge >= 0.3 is 0 Å². The maximum Gasteiger partial charge on any atom is 0.187 e. The van der Waals surface area contributed by atoms with Crippen LogP contribution in [0.25, 0.3) is 0 Å². The zero-order valence-electron chi connectivity index (χ0n) is 12.3. The van der Waals surface area contributed by atoms with Gasteiger partial charge in [0.05, 0.1) is 6.10 Å². The Kier molecular flexibility index (Phi) is 5.75. The van der Waals surface area contributed by atoms with Crippen molar-refractivity contribution in [2.75, 3.05) is 6.54 Å². The van der Waals surface area contributed by atoms with Gasteiger partial charge in [-0.2, -0.15) is 0 Å². The fourth-order valence-electron chi connectivity index (χ4n) is 2.00.